The van der Waals surface area contributed by atoms with Crippen LogP contribution in [0.15, 0.2) is 30.3 Å². The van der Waals surface area contributed by atoms with Gasteiger partial charge in [-0.15, -0.1) is 0 Å². The summed E-state index contributed by atoms with van der Waals surface area (Å²) >= 11 is 5.12. The summed E-state index contributed by atoms with van der Waals surface area (Å²) in [6, 6.07) is 9.23. The first kappa shape index (κ1) is 13.7. The van der Waals surface area contributed by atoms with Gasteiger partial charge in [-0.3, -0.25) is 4.79 Å². The van der Waals surface area contributed by atoms with Crippen molar-refractivity contribution >= 4 is 29.5 Å². The summed E-state index contributed by atoms with van der Waals surface area (Å²) in [5, 5.41) is -0.439. The molecule has 0 spiro atoms. The first-order chi connectivity index (χ1) is 4.79. The summed E-state index contributed by atoms with van der Waals surface area (Å²) in [4.78, 5) is 10.3. The lowest BCUT2D eigenvalue weighted by Gasteiger charge is -1.90. The highest BCUT2D eigenvalue weighted by molar-refractivity contribution is 7.04. The van der Waals surface area contributed by atoms with Gasteiger partial charge >= 0.3 is 0 Å². The number of benzene rings is 1. The molecule has 0 unspecified atom stereocenters. The smallest absolute Gasteiger partial charge is 0.263 e. The number of rotatable bonds is 2. The topological polar surface area (TPSA) is 80.1 Å². The summed E-state index contributed by atoms with van der Waals surface area (Å²) in [5.41, 5.74) is 0.836. The third-order valence-corrected chi connectivity index (χ3v) is 1.19. The van der Waals surface area contributed by atoms with Gasteiger partial charge in [0.15, 0.2) is 5.14 Å². The SMILES string of the molecule is O.O.O=C(Cl)[B]c1ccccc1. The Labute approximate surface area is 76.2 Å². The predicted molar refractivity (Wildman–Crippen MR) is 50.3 cm³/mol. The van der Waals surface area contributed by atoms with Gasteiger partial charge in [-0.1, -0.05) is 47.4 Å². The van der Waals surface area contributed by atoms with Gasteiger partial charge in [-0.2, -0.15) is 0 Å². The van der Waals surface area contributed by atoms with E-state index in [9.17, 15) is 4.79 Å². The molecule has 0 amide bonds. The highest BCUT2D eigenvalue weighted by Crippen LogP contribution is 1.84. The Hall–Kier alpha value is -0.835. The van der Waals surface area contributed by atoms with E-state index in [1.165, 1.54) is 7.28 Å². The number of halogens is 1. The van der Waals surface area contributed by atoms with Crippen molar-refractivity contribution in [1.29, 1.82) is 0 Å². The molecule has 1 radical (unpaired) electrons. The van der Waals surface area contributed by atoms with Crippen LogP contribution >= 0.6 is 11.6 Å². The maximum absolute atomic E-state index is 10.3. The molecule has 3 nitrogen and oxygen atoms in total. The average Bonchev–Trinajstić information content (AvgIpc) is 1.88. The summed E-state index contributed by atoms with van der Waals surface area (Å²) in [6.45, 7) is 0. The Morgan fingerprint density at radius 2 is 1.67 bits per heavy atom. The van der Waals surface area contributed by atoms with Crippen LogP contribution in [0.3, 0.4) is 0 Å². The van der Waals surface area contributed by atoms with E-state index >= 15 is 0 Å². The number of hydrogen-bond donors (Lipinski definition) is 0. The third kappa shape index (κ3) is 4.90. The van der Waals surface area contributed by atoms with Crippen molar-refractivity contribution in [1.82, 2.24) is 0 Å². The van der Waals surface area contributed by atoms with Crippen LogP contribution in [-0.4, -0.2) is 23.4 Å². The maximum atomic E-state index is 10.3. The zero-order valence-corrected chi connectivity index (χ0v) is 7.01. The number of hydrogen-bond acceptors (Lipinski definition) is 1. The van der Waals surface area contributed by atoms with Gasteiger partial charge in [0.25, 0.3) is 7.28 Å². The molecule has 0 saturated heterocycles. The molecule has 0 fully saturated rings. The van der Waals surface area contributed by atoms with Crippen LogP contribution in [-0.2, 0) is 0 Å². The Bertz CT molecular complexity index is 227. The third-order valence-electron chi connectivity index (χ3n) is 1.08. The Balaban J connectivity index is 0. The molecule has 5 heteroatoms. The molecule has 12 heavy (non-hydrogen) atoms. The lowest BCUT2D eigenvalue weighted by Crippen LogP contribution is -2.17. The van der Waals surface area contributed by atoms with Crippen LogP contribution < -0.4 is 5.46 Å². The fraction of sp³-hybridized carbons (Fsp3) is 0. The molecule has 4 N–H and O–H groups in total. The second-order valence-corrected chi connectivity index (χ2v) is 2.23. The molecule has 0 aliphatic heterocycles. The minimum atomic E-state index is -0.439. The van der Waals surface area contributed by atoms with Crippen molar-refractivity contribution in [3.63, 3.8) is 0 Å². The van der Waals surface area contributed by atoms with Crippen molar-refractivity contribution in [3.8, 4) is 0 Å². The molecule has 0 bridgehead atoms. The molecular formula is C7H9BClO3. The van der Waals surface area contributed by atoms with Crippen molar-refractivity contribution in [2.45, 2.75) is 0 Å². The van der Waals surface area contributed by atoms with E-state index < -0.39 is 5.14 Å². The maximum Gasteiger partial charge on any atom is 0.263 e. The first-order valence-corrected chi connectivity index (χ1v) is 3.26. The van der Waals surface area contributed by atoms with Crippen LogP contribution in [0.5, 0.6) is 0 Å². The highest BCUT2D eigenvalue weighted by Gasteiger charge is 1.99. The van der Waals surface area contributed by atoms with Gasteiger partial charge in [0, 0.05) is 0 Å². The molecule has 0 atom stereocenters. The van der Waals surface area contributed by atoms with Crippen LogP contribution in [0.2, 0.25) is 0 Å². The molecule has 1 aromatic rings. The molecule has 0 aliphatic rings. The van der Waals surface area contributed by atoms with Gasteiger partial charge in [0.2, 0.25) is 0 Å². The summed E-state index contributed by atoms with van der Waals surface area (Å²) < 4.78 is 0. The fourth-order valence-electron chi connectivity index (χ4n) is 0.680. The van der Waals surface area contributed by atoms with E-state index in [2.05, 4.69) is 0 Å². The summed E-state index contributed by atoms with van der Waals surface area (Å²) in [5.74, 6) is 0. The average molecular weight is 187 g/mol. The van der Waals surface area contributed by atoms with Crippen molar-refractivity contribution in [3.05, 3.63) is 30.3 Å². The van der Waals surface area contributed by atoms with Gasteiger partial charge < -0.3 is 11.0 Å². The van der Waals surface area contributed by atoms with E-state index in [-0.39, 0.29) is 11.0 Å². The van der Waals surface area contributed by atoms with Gasteiger partial charge in [-0.05, 0) is 0 Å². The lowest BCUT2D eigenvalue weighted by atomic mass is 9.72. The van der Waals surface area contributed by atoms with Crippen molar-refractivity contribution < 1.29 is 15.7 Å². The largest absolute Gasteiger partial charge is 0.412 e. The van der Waals surface area contributed by atoms with Gasteiger partial charge in [-0.25, -0.2) is 0 Å². The molecular weight excluding hydrogens is 178 g/mol. The quantitative estimate of drug-likeness (QED) is 0.463. The van der Waals surface area contributed by atoms with Gasteiger partial charge in [0.05, 0.1) is 0 Å². The Morgan fingerprint density at radius 1 is 1.17 bits per heavy atom. The van der Waals surface area contributed by atoms with Crippen LogP contribution in [0, 0.1) is 0 Å². The monoisotopic (exact) mass is 187 g/mol. The van der Waals surface area contributed by atoms with Crippen molar-refractivity contribution in [2.24, 2.45) is 0 Å². The fourth-order valence-corrected chi connectivity index (χ4v) is 0.806. The minimum absolute atomic E-state index is 0. The molecule has 0 saturated carbocycles. The lowest BCUT2D eigenvalue weighted by molar-refractivity contribution is 0.274. The van der Waals surface area contributed by atoms with Crippen LogP contribution in [0.1, 0.15) is 0 Å². The van der Waals surface area contributed by atoms with E-state index in [4.69, 9.17) is 11.6 Å². The second-order valence-electron chi connectivity index (χ2n) is 1.86. The molecule has 1 rings (SSSR count). The van der Waals surface area contributed by atoms with E-state index in [0.29, 0.717) is 0 Å². The Kier molecular flexibility index (Phi) is 7.84. The first-order valence-electron chi connectivity index (χ1n) is 2.88. The molecule has 0 aliphatic carbocycles. The predicted octanol–water partition coefficient (Wildman–Crippen LogP) is -0.274. The van der Waals surface area contributed by atoms with E-state index in [1.54, 1.807) is 0 Å². The van der Waals surface area contributed by atoms with E-state index in [1.807, 2.05) is 30.3 Å². The van der Waals surface area contributed by atoms with Crippen molar-refractivity contribution in [2.75, 3.05) is 0 Å². The standard InChI is InChI=1S/C7H5BClO.2H2O/c9-7(10)8-6-4-2-1-3-5-6;;/h1-5H;2*1H2. The zero-order chi connectivity index (χ0) is 7.40. The van der Waals surface area contributed by atoms with Crippen LogP contribution in [0.25, 0.3) is 0 Å². The summed E-state index contributed by atoms with van der Waals surface area (Å²) in [7, 11) is 1.38. The molecule has 1 aromatic carbocycles. The number of carbonyl (C=O) groups is 1. The molecule has 0 aromatic heterocycles. The van der Waals surface area contributed by atoms with Gasteiger partial charge in [0.1, 0.15) is 0 Å². The minimum Gasteiger partial charge on any atom is -0.412 e. The highest BCUT2D eigenvalue weighted by atomic mass is 35.5. The zero-order valence-electron chi connectivity index (χ0n) is 6.25. The van der Waals surface area contributed by atoms with Crippen LogP contribution in [0.4, 0.5) is 4.79 Å². The summed E-state index contributed by atoms with van der Waals surface area (Å²) in [6.07, 6.45) is 0. The van der Waals surface area contributed by atoms with E-state index in [0.717, 1.165) is 5.46 Å². The number of carbonyl (C=O) groups excluding carboxylic acids is 1. The second kappa shape index (κ2) is 6.85. The normalized spacial score (nSPS) is 7.42. The molecule has 65 valence electrons. The molecule has 0 heterocycles. The Morgan fingerprint density at radius 3 is 2.08 bits per heavy atom.